The van der Waals surface area contributed by atoms with E-state index in [4.69, 9.17) is 0 Å². The van der Waals surface area contributed by atoms with Crippen molar-refractivity contribution in [1.82, 2.24) is 4.98 Å². The third kappa shape index (κ3) is 3.35. The van der Waals surface area contributed by atoms with Gasteiger partial charge in [0.05, 0.1) is 5.69 Å². The second kappa shape index (κ2) is 6.79. The second-order valence-corrected chi connectivity index (χ2v) is 8.04. The SMILES string of the molecule is CC(=O)Nc1ccc(-c2csc(NC(=O)C3CC4CCC3C4)n2)c(F)c1. The van der Waals surface area contributed by atoms with Crippen LogP contribution < -0.4 is 10.6 Å². The molecule has 2 amide bonds. The number of thiazole rings is 1. The molecule has 5 nitrogen and oxygen atoms in total. The van der Waals surface area contributed by atoms with E-state index in [9.17, 15) is 14.0 Å². The molecule has 1 aromatic heterocycles. The van der Waals surface area contributed by atoms with E-state index in [-0.39, 0.29) is 17.7 Å². The van der Waals surface area contributed by atoms with Gasteiger partial charge in [-0.3, -0.25) is 9.59 Å². The number of nitrogens with one attached hydrogen (secondary N) is 2. The topological polar surface area (TPSA) is 71.1 Å². The van der Waals surface area contributed by atoms with Gasteiger partial charge in [-0.15, -0.1) is 11.3 Å². The lowest BCUT2D eigenvalue weighted by molar-refractivity contribution is -0.121. The fraction of sp³-hybridized carbons (Fsp3) is 0.421. The molecule has 3 unspecified atom stereocenters. The van der Waals surface area contributed by atoms with E-state index >= 15 is 0 Å². The van der Waals surface area contributed by atoms with E-state index in [1.165, 1.54) is 37.2 Å². The summed E-state index contributed by atoms with van der Waals surface area (Å²) < 4.78 is 14.3. The molecule has 0 radical (unpaired) electrons. The summed E-state index contributed by atoms with van der Waals surface area (Å²) in [6.45, 7) is 1.37. The second-order valence-electron chi connectivity index (χ2n) is 7.18. The molecule has 4 rings (SSSR count). The van der Waals surface area contributed by atoms with Crippen LogP contribution in [0.25, 0.3) is 11.3 Å². The van der Waals surface area contributed by atoms with Gasteiger partial charge in [-0.05, 0) is 49.3 Å². The minimum atomic E-state index is -0.465. The molecule has 0 saturated heterocycles. The first-order chi connectivity index (χ1) is 12.5. The highest BCUT2D eigenvalue weighted by atomic mass is 32.1. The Morgan fingerprint density at radius 1 is 1.23 bits per heavy atom. The van der Waals surface area contributed by atoms with E-state index in [1.54, 1.807) is 17.5 Å². The van der Waals surface area contributed by atoms with Crippen LogP contribution in [0.2, 0.25) is 0 Å². The third-order valence-electron chi connectivity index (χ3n) is 5.37. The molecular formula is C19H20FN3O2S. The van der Waals surface area contributed by atoms with Crippen LogP contribution in [0, 0.1) is 23.6 Å². The van der Waals surface area contributed by atoms with Gasteiger partial charge in [0.25, 0.3) is 0 Å². The number of rotatable bonds is 4. The Bertz CT molecular complexity index is 866. The minimum absolute atomic E-state index is 0.0413. The fourth-order valence-electron chi connectivity index (χ4n) is 4.22. The molecule has 2 aromatic rings. The molecule has 3 atom stereocenters. The Morgan fingerprint density at radius 3 is 2.73 bits per heavy atom. The molecule has 0 spiro atoms. The van der Waals surface area contributed by atoms with Crippen LogP contribution in [0.15, 0.2) is 23.6 Å². The van der Waals surface area contributed by atoms with Gasteiger partial charge >= 0.3 is 0 Å². The van der Waals surface area contributed by atoms with Gasteiger partial charge in [-0.1, -0.05) is 6.42 Å². The molecule has 1 heterocycles. The Balaban J connectivity index is 1.46. The monoisotopic (exact) mass is 373 g/mol. The molecule has 2 N–H and O–H groups in total. The van der Waals surface area contributed by atoms with Gasteiger partial charge in [-0.2, -0.15) is 0 Å². The number of aromatic nitrogens is 1. The van der Waals surface area contributed by atoms with Crippen LogP contribution in [0.4, 0.5) is 15.2 Å². The highest BCUT2D eigenvalue weighted by Crippen LogP contribution is 2.48. The average Bonchev–Trinajstić information content (AvgIpc) is 3.30. The van der Waals surface area contributed by atoms with E-state index in [2.05, 4.69) is 15.6 Å². The fourth-order valence-corrected chi connectivity index (χ4v) is 4.94. The molecule has 2 bridgehead atoms. The van der Waals surface area contributed by atoms with Crippen LogP contribution >= 0.6 is 11.3 Å². The molecule has 7 heteroatoms. The first kappa shape index (κ1) is 17.1. The number of anilines is 2. The lowest BCUT2D eigenvalue weighted by atomic mass is 9.88. The van der Waals surface area contributed by atoms with Crippen molar-refractivity contribution < 1.29 is 14.0 Å². The van der Waals surface area contributed by atoms with Crippen molar-refractivity contribution in [3.63, 3.8) is 0 Å². The number of benzene rings is 1. The molecule has 0 aliphatic heterocycles. The van der Waals surface area contributed by atoms with E-state index < -0.39 is 5.82 Å². The number of hydrogen-bond donors (Lipinski definition) is 2. The lowest BCUT2D eigenvalue weighted by Crippen LogP contribution is -2.27. The predicted molar refractivity (Wildman–Crippen MR) is 99.4 cm³/mol. The smallest absolute Gasteiger partial charge is 0.229 e. The number of hydrogen-bond acceptors (Lipinski definition) is 4. The quantitative estimate of drug-likeness (QED) is 0.840. The summed E-state index contributed by atoms with van der Waals surface area (Å²) in [6.07, 6.45) is 4.56. The van der Waals surface area contributed by atoms with Gasteiger partial charge in [-0.25, -0.2) is 9.37 Å². The number of nitrogens with zero attached hydrogens (tertiary/aromatic N) is 1. The standard InChI is InChI=1S/C19H20FN3O2S/c1-10(24)21-13-4-5-14(16(20)8-13)17-9-26-19(22-17)23-18(25)15-7-11-2-3-12(15)6-11/h4-5,8-9,11-12,15H,2-3,6-7H2,1H3,(H,21,24)(H,22,23,25). The van der Waals surface area contributed by atoms with Crippen molar-refractivity contribution in [2.45, 2.75) is 32.6 Å². The maximum Gasteiger partial charge on any atom is 0.229 e. The molecule has 136 valence electrons. The Hall–Kier alpha value is -2.28. The molecule has 2 saturated carbocycles. The first-order valence-corrected chi connectivity index (χ1v) is 9.71. The average molecular weight is 373 g/mol. The van der Waals surface area contributed by atoms with E-state index in [0.29, 0.717) is 33.9 Å². The van der Waals surface area contributed by atoms with Crippen LogP contribution in [0.3, 0.4) is 0 Å². The number of carbonyl (C=O) groups is 2. The minimum Gasteiger partial charge on any atom is -0.326 e. The van der Waals surface area contributed by atoms with Gasteiger partial charge < -0.3 is 10.6 Å². The maximum atomic E-state index is 14.3. The van der Waals surface area contributed by atoms with Crippen LogP contribution in [0.1, 0.15) is 32.6 Å². The normalized spacial score (nSPS) is 23.8. The number of halogens is 1. The predicted octanol–water partition coefficient (Wildman–Crippen LogP) is 4.28. The van der Waals surface area contributed by atoms with Crippen molar-refractivity contribution in [3.05, 3.63) is 29.4 Å². The molecule has 2 fully saturated rings. The Morgan fingerprint density at radius 2 is 2.08 bits per heavy atom. The number of fused-ring (bicyclic) bond motifs is 2. The zero-order chi connectivity index (χ0) is 18.3. The Labute approximate surface area is 155 Å². The Kier molecular flexibility index (Phi) is 4.48. The van der Waals surface area contributed by atoms with Crippen LogP contribution in [-0.2, 0) is 9.59 Å². The summed E-state index contributed by atoms with van der Waals surface area (Å²) in [5.41, 5.74) is 1.22. The maximum absolute atomic E-state index is 14.3. The van der Waals surface area contributed by atoms with Gasteiger partial charge in [0.1, 0.15) is 5.82 Å². The lowest BCUT2D eigenvalue weighted by Gasteiger charge is -2.19. The van der Waals surface area contributed by atoms with Gasteiger partial charge in [0.15, 0.2) is 5.13 Å². The summed E-state index contributed by atoms with van der Waals surface area (Å²) in [7, 11) is 0. The largest absolute Gasteiger partial charge is 0.326 e. The highest BCUT2D eigenvalue weighted by Gasteiger charge is 2.43. The molecule has 26 heavy (non-hydrogen) atoms. The van der Waals surface area contributed by atoms with Crippen molar-refractivity contribution in [2.24, 2.45) is 17.8 Å². The molecule has 2 aliphatic carbocycles. The van der Waals surface area contributed by atoms with Gasteiger partial charge in [0.2, 0.25) is 11.8 Å². The number of amides is 2. The van der Waals surface area contributed by atoms with Crippen LogP contribution in [0.5, 0.6) is 0 Å². The molecule has 2 aliphatic rings. The summed E-state index contributed by atoms with van der Waals surface area (Å²) >= 11 is 1.30. The zero-order valence-corrected chi connectivity index (χ0v) is 15.2. The summed E-state index contributed by atoms with van der Waals surface area (Å²) in [6, 6.07) is 4.48. The van der Waals surface area contributed by atoms with Crippen molar-refractivity contribution in [2.75, 3.05) is 10.6 Å². The van der Waals surface area contributed by atoms with Crippen LogP contribution in [-0.4, -0.2) is 16.8 Å². The van der Waals surface area contributed by atoms with Crippen molar-refractivity contribution >= 4 is 34.0 Å². The van der Waals surface area contributed by atoms with E-state index in [1.807, 2.05) is 0 Å². The summed E-state index contributed by atoms with van der Waals surface area (Å²) in [5, 5.41) is 7.68. The summed E-state index contributed by atoms with van der Waals surface area (Å²) in [4.78, 5) is 27.9. The van der Waals surface area contributed by atoms with Crippen molar-refractivity contribution in [1.29, 1.82) is 0 Å². The third-order valence-corrected chi connectivity index (χ3v) is 6.13. The molecule has 1 aromatic carbocycles. The number of carbonyl (C=O) groups excluding carboxylic acids is 2. The first-order valence-electron chi connectivity index (χ1n) is 8.83. The summed E-state index contributed by atoms with van der Waals surface area (Å²) in [5.74, 6) is 0.635. The molecular weight excluding hydrogens is 353 g/mol. The van der Waals surface area contributed by atoms with Gasteiger partial charge in [0, 0.05) is 29.5 Å². The zero-order valence-electron chi connectivity index (χ0n) is 14.4. The highest BCUT2D eigenvalue weighted by molar-refractivity contribution is 7.14. The van der Waals surface area contributed by atoms with Crippen molar-refractivity contribution in [3.8, 4) is 11.3 Å². The van der Waals surface area contributed by atoms with E-state index in [0.717, 1.165) is 12.8 Å².